The Morgan fingerprint density at radius 2 is 2.27 bits per heavy atom. The minimum Gasteiger partial charge on any atom is -0.356 e. The van der Waals surface area contributed by atoms with E-state index in [0.29, 0.717) is 9.49 Å². The molecule has 0 amide bonds. The van der Waals surface area contributed by atoms with Crippen molar-refractivity contribution in [2.24, 2.45) is 5.92 Å². The van der Waals surface area contributed by atoms with Crippen LogP contribution in [0, 0.1) is 9.49 Å². The summed E-state index contributed by atoms with van der Waals surface area (Å²) in [6, 6.07) is 0. The molecule has 1 aromatic rings. The number of anilines is 1. The standard InChI is InChI=1S/C10H16IN3O/c1-4-14(5-7(2)3)9-8(11)10(15)13-6-12-9/h6-7H,4-5H2,1-3H3,(H,12,13,15). The van der Waals surface area contributed by atoms with E-state index < -0.39 is 0 Å². The van der Waals surface area contributed by atoms with Crippen LogP contribution in [-0.4, -0.2) is 23.1 Å². The van der Waals surface area contributed by atoms with Crippen molar-refractivity contribution < 1.29 is 0 Å². The lowest BCUT2D eigenvalue weighted by Crippen LogP contribution is -2.31. The van der Waals surface area contributed by atoms with Crippen LogP contribution in [0.2, 0.25) is 0 Å². The first-order chi connectivity index (χ1) is 7.06. The van der Waals surface area contributed by atoms with Gasteiger partial charge in [0.2, 0.25) is 0 Å². The molecule has 0 aliphatic carbocycles. The van der Waals surface area contributed by atoms with Gasteiger partial charge in [0.05, 0.1) is 6.33 Å². The van der Waals surface area contributed by atoms with Gasteiger partial charge in [-0.3, -0.25) is 4.79 Å². The SMILES string of the molecule is CCN(CC(C)C)c1nc[nH]c(=O)c1I. The molecule has 0 atom stereocenters. The van der Waals surface area contributed by atoms with Gasteiger partial charge in [-0.15, -0.1) is 0 Å². The Morgan fingerprint density at radius 1 is 1.60 bits per heavy atom. The summed E-state index contributed by atoms with van der Waals surface area (Å²) in [4.78, 5) is 20.3. The van der Waals surface area contributed by atoms with Crippen molar-refractivity contribution in [1.82, 2.24) is 9.97 Å². The van der Waals surface area contributed by atoms with E-state index in [1.807, 2.05) is 22.6 Å². The number of hydrogen-bond donors (Lipinski definition) is 1. The lowest BCUT2D eigenvalue weighted by atomic mass is 10.2. The lowest BCUT2D eigenvalue weighted by Gasteiger charge is -2.24. The molecule has 0 aliphatic heterocycles. The van der Waals surface area contributed by atoms with Crippen LogP contribution >= 0.6 is 22.6 Å². The maximum atomic E-state index is 11.4. The van der Waals surface area contributed by atoms with Gasteiger partial charge in [0.25, 0.3) is 5.56 Å². The fourth-order valence-electron chi connectivity index (χ4n) is 1.40. The first kappa shape index (κ1) is 12.5. The molecule has 1 N–H and O–H groups in total. The zero-order valence-corrected chi connectivity index (χ0v) is 11.4. The molecule has 0 aromatic carbocycles. The summed E-state index contributed by atoms with van der Waals surface area (Å²) in [5, 5.41) is 0. The largest absolute Gasteiger partial charge is 0.356 e. The molecule has 0 saturated carbocycles. The minimum absolute atomic E-state index is 0.0668. The quantitative estimate of drug-likeness (QED) is 0.861. The molecule has 1 aromatic heterocycles. The Labute approximate surface area is 103 Å². The summed E-state index contributed by atoms with van der Waals surface area (Å²) in [7, 11) is 0. The van der Waals surface area contributed by atoms with Gasteiger partial charge in [-0.1, -0.05) is 13.8 Å². The number of nitrogens with one attached hydrogen (secondary N) is 1. The van der Waals surface area contributed by atoms with Crippen LogP contribution in [0.25, 0.3) is 0 Å². The van der Waals surface area contributed by atoms with Crippen LogP contribution in [0.3, 0.4) is 0 Å². The fourth-order valence-corrected chi connectivity index (χ4v) is 2.04. The molecule has 0 bridgehead atoms. The van der Waals surface area contributed by atoms with Gasteiger partial charge in [-0.25, -0.2) is 4.98 Å². The maximum Gasteiger partial charge on any atom is 0.266 e. The van der Waals surface area contributed by atoms with Crippen molar-refractivity contribution in [3.05, 3.63) is 20.3 Å². The third kappa shape index (κ3) is 3.19. The lowest BCUT2D eigenvalue weighted by molar-refractivity contribution is 0.612. The van der Waals surface area contributed by atoms with E-state index in [1.165, 1.54) is 6.33 Å². The Balaban J connectivity index is 3.01. The average Bonchev–Trinajstić information content (AvgIpc) is 2.19. The topological polar surface area (TPSA) is 49.0 Å². The fraction of sp³-hybridized carbons (Fsp3) is 0.600. The van der Waals surface area contributed by atoms with E-state index in [9.17, 15) is 4.79 Å². The van der Waals surface area contributed by atoms with Crippen LogP contribution in [-0.2, 0) is 0 Å². The van der Waals surface area contributed by atoms with Gasteiger partial charge in [0.1, 0.15) is 9.39 Å². The van der Waals surface area contributed by atoms with Crippen LogP contribution < -0.4 is 10.5 Å². The summed E-state index contributed by atoms with van der Waals surface area (Å²) in [6.45, 7) is 8.17. The summed E-state index contributed by atoms with van der Waals surface area (Å²) in [5.74, 6) is 1.34. The molecule has 5 heteroatoms. The summed E-state index contributed by atoms with van der Waals surface area (Å²) >= 11 is 2.04. The molecule has 1 rings (SSSR count). The third-order valence-electron chi connectivity index (χ3n) is 2.04. The number of halogens is 1. The molecule has 0 aliphatic rings. The third-order valence-corrected chi connectivity index (χ3v) is 3.02. The second kappa shape index (κ2) is 5.48. The second-order valence-corrected chi connectivity index (χ2v) is 4.88. The van der Waals surface area contributed by atoms with E-state index >= 15 is 0 Å². The van der Waals surface area contributed by atoms with Crippen LogP contribution in [0.5, 0.6) is 0 Å². The molecular weight excluding hydrogens is 305 g/mol. The van der Waals surface area contributed by atoms with Gasteiger partial charge < -0.3 is 9.88 Å². The average molecular weight is 321 g/mol. The van der Waals surface area contributed by atoms with Crippen LogP contribution in [0.4, 0.5) is 5.82 Å². The first-order valence-electron chi connectivity index (χ1n) is 5.04. The molecule has 1 heterocycles. The zero-order chi connectivity index (χ0) is 11.4. The molecule has 0 radical (unpaired) electrons. The number of aromatic amines is 1. The van der Waals surface area contributed by atoms with E-state index in [1.54, 1.807) is 0 Å². The van der Waals surface area contributed by atoms with Crippen molar-refractivity contribution in [3.63, 3.8) is 0 Å². The van der Waals surface area contributed by atoms with Crippen molar-refractivity contribution in [3.8, 4) is 0 Å². The number of nitrogens with zero attached hydrogens (tertiary/aromatic N) is 2. The smallest absolute Gasteiger partial charge is 0.266 e. The number of hydrogen-bond acceptors (Lipinski definition) is 3. The molecular formula is C10H16IN3O. The van der Waals surface area contributed by atoms with Gasteiger partial charge in [0.15, 0.2) is 0 Å². The highest BCUT2D eigenvalue weighted by atomic mass is 127. The highest BCUT2D eigenvalue weighted by molar-refractivity contribution is 14.1. The number of aromatic nitrogens is 2. The van der Waals surface area contributed by atoms with Gasteiger partial charge >= 0.3 is 0 Å². The summed E-state index contributed by atoms with van der Waals surface area (Å²) < 4.78 is 0.664. The van der Waals surface area contributed by atoms with E-state index in [4.69, 9.17) is 0 Å². The molecule has 0 fully saturated rings. The second-order valence-electron chi connectivity index (χ2n) is 3.80. The highest BCUT2D eigenvalue weighted by Crippen LogP contribution is 2.16. The molecule has 0 unspecified atom stereocenters. The van der Waals surface area contributed by atoms with E-state index in [2.05, 4.69) is 35.6 Å². The Hall–Kier alpha value is -0.590. The molecule has 15 heavy (non-hydrogen) atoms. The van der Waals surface area contributed by atoms with Gasteiger partial charge in [0, 0.05) is 13.1 Å². The monoisotopic (exact) mass is 321 g/mol. The Bertz CT molecular complexity index is 375. The predicted octanol–water partition coefficient (Wildman–Crippen LogP) is 1.86. The number of rotatable bonds is 4. The molecule has 0 spiro atoms. The van der Waals surface area contributed by atoms with E-state index in [-0.39, 0.29) is 5.56 Å². The van der Waals surface area contributed by atoms with Gasteiger partial charge in [-0.05, 0) is 35.4 Å². The Morgan fingerprint density at radius 3 is 2.80 bits per heavy atom. The first-order valence-corrected chi connectivity index (χ1v) is 6.12. The molecule has 84 valence electrons. The summed E-state index contributed by atoms with van der Waals surface area (Å²) in [5.41, 5.74) is -0.0668. The highest BCUT2D eigenvalue weighted by Gasteiger charge is 2.13. The Kier molecular flexibility index (Phi) is 4.56. The van der Waals surface area contributed by atoms with Crippen molar-refractivity contribution in [2.75, 3.05) is 18.0 Å². The minimum atomic E-state index is -0.0668. The maximum absolute atomic E-state index is 11.4. The van der Waals surface area contributed by atoms with Gasteiger partial charge in [-0.2, -0.15) is 0 Å². The van der Waals surface area contributed by atoms with E-state index in [0.717, 1.165) is 18.9 Å². The van der Waals surface area contributed by atoms with Crippen molar-refractivity contribution >= 4 is 28.4 Å². The molecule has 0 saturated heterocycles. The predicted molar refractivity (Wildman–Crippen MR) is 70.3 cm³/mol. The normalized spacial score (nSPS) is 10.7. The van der Waals surface area contributed by atoms with Crippen LogP contribution in [0.15, 0.2) is 11.1 Å². The summed E-state index contributed by atoms with van der Waals surface area (Å²) in [6.07, 6.45) is 1.46. The van der Waals surface area contributed by atoms with Crippen LogP contribution in [0.1, 0.15) is 20.8 Å². The molecule has 4 nitrogen and oxygen atoms in total. The number of H-pyrrole nitrogens is 1. The zero-order valence-electron chi connectivity index (χ0n) is 9.25. The van der Waals surface area contributed by atoms with Crippen molar-refractivity contribution in [1.29, 1.82) is 0 Å². The van der Waals surface area contributed by atoms with Crippen molar-refractivity contribution in [2.45, 2.75) is 20.8 Å².